The summed E-state index contributed by atoms with van der Waals surface area (Å²) in [6, 6.07) is 9.60. The van der Waals surface area contributed by atoms with Gasteiger partial charge in [-0.3, -0.25) is 0 Å². The molecule has 1 atom stereocenters. The summed E-state index contributed by atoms with van der Waals surface area (Å²) in [7, 11) is 0. The Hall–Kier alpha value is -1.14. The van der Waals surface area contributed by atoms with E-state index in [9.17, 15) is 4.21 Å². The fourth-order valence-electron chi connectivity index (χ4n) is 1.42. The standard InChI is InChI=1S/C12H9Cl2NO3S/c13-11-5-8(6-12(14)15-11)7-18-9-1-3-10(4-2-9)19(16)17/h1-6H,7H2,(H,16,17). The first-order valence-electron chi connectivity index (χ1n) is 5.20. The lowest BCUT2D eigenvalue weighted by molar-refractivity contribution is 0.306. The summed E-state index contributed by atoms with van der Waals surface area (Å²) in [5, 5.41) is 0.606. The zero-order valence-corrected chi connectivity index (χ0v) is 11.9. The molecule has 1 aromatic carbocycles. The number of rotatable bonds is 4. The summed E-state index contributed by atoms with van der Waals surface area (Å²) in [4.78, 5) is 4.16. The maximum atomic E-state index is 10.8. The molecule has 7 heteroatoms. The largest absolute Gasteiger partial charge is 0.489 e. The minimum atomic E-state index is -1.98. The zero-order chi connectivity index (χ0) is 13.8. The van der Waals surface area contributed by atoms with Crippen LogP contribution in [0.1, 0.15) is 5.56 Å². The van der Waals surface area contributed by atoms with Gasteiger partial charge in [0, 0.05) is 0 Å². The minimum absolute atomic E-state index is 0.281. The molecule has 100 valence electrons. The van der Waals surface area contributed by atoms with Crippen molar-refractivity contribution in [3.05, 3.63) is 52.3 Å². The highest BCUT2D eigenvalue weighted by Crippen LogP contribution is 2.18. The molecule has 0 radical (unpaired) electrons. The summed E-state index contributed by atoms with van der Waals surface area (Å²) in [5.74, 6) is 0.582. The van der Waals surface area contributed by atoms with Gasteiger partial charge in [0.25, 0.3) is 0 Å². The molecule has 0 fully saturated rings. The third kappa shape index (κ3) is 4.18. The van der Waals surface area contributed by atoms with Gasteiger partial charge in [-0.2, -0.15) is 0 Å². The molecule has 1 heterocycles. The number of benzene rings is 1. The van der Waals surface area contributed by atoms with Crippen LogP contribution in [-0.4, -0.2) is 13.7 Å². The molecule has 0 saturated carbocycles. The maximum Gasteiger partial charge on any atom is 0.186 e. The molecule has 1 unspecified atom stereocenters. The van der Waals surface area contributed by atoms with E-state index in [-0.39, 0.29) is 6.61 Å². The van der Waals surface area contributed by atoms with E-state index >= 15 is 0 Å². The van der Waals surface area contributed by atoms with Crippen molar-refractivity contribution in [1.82, 2.24) is 4.98 Å². The predicted octanol–water partition coefficient (Wildman–Crippen LogP) is 3.55. The highest BCUT2D eigenvalue weighted by Gasteiger charge is 2.03. The fourth-order valence-corrected chi connectivity index (χ4v) is 2.29. The van der Waals surface area contributed by atoms with Crippen LogP contribution in [-0.2, 0) is 17.7 Å². The van der Waals surface area contributed by atoms with Crippen molar-refractivity contribution in [2.75, 3.05) is 0 Å². The van der Waals surface area contributed by atoms with Crippen LogP contribution in [0.4, 0.5) is 0 Å². The molecule has 0 bridgehead atoms. The molecular weight excluding hydrogens is 309 g/mol. The molecule has 0 aliphatic rings. The molecule has 0 amide bonds. The van der Waals surface area contributed by atoms with Gasteiger partial charge in [0.1, 0.15) is 22.7 Å². The number of nitrogens with zero attached hydrogens (tertiary/aromatic N) is 1. The zero-order valence-electron chi connectivity index (χ0n) is 9.55. The third-order valence-corrected chi connectivity index (χ3v) is 3.32. The second-order valence-electron chi connectivity index (χ2n) is 3.63. The summed E-state index contributed by atoms with van der Waals surface area (Å²) in [5.41, 5.74) is 0.791. The monoisotopic (exact) mass is 317 g/mol. The molecule has 2 aromatic rings. The number of hydrogen-bond acceptors (Lipinski definition) is 3. The predicted molar refractivity (Wildman–Crippen MR) is 74.1 cm³/mol. The van der Waals surface area contributed by atoms with Gasteiger partial charge >= 0.3 is 0 Å². The Bertz CT molecular complexity index is 584. The minimum Gasteiger partial charge on any atom is -0.489 e. The summed E-state index contributed by atoms with van der Waals surface area (Å²) >= 11 is 9.57. The molecule has 0 aliphatic carbocycles. The quantitative estimate of drug-likeness (QED) is 0.692. The van der Waals surface area contributed by atoms with Crippen LogP contribution in [0.25, 0.3) is 0 Å². The van der Waals surface area contributed by atoms with Crippen LogP contribution < -0.4 is 4.74 Å². The van der Waals surface area contributed by atoms with Gasteiger partial charge in [0.15, 0.2) is 11.1 Å². The first-order valence-corrected chi connectivity index (χ1v) is 7.06. The number of ether oxygens (including phenoxy) is 1. The van der Waals surface area contributed by atoms with Gasteiger partial charge in [0.2, 0.25) is 0 Å². The van der Waals surface area contributed by atoms with Gasteiger partial charge in [-0.15, -0.1) is 0 Å². The second kappa shape index (κ2) is 6.34. The first kappa shape index (κ1) is 14.3. The van der Waals surface area contributed by atoms with Gasteiger partial charge in [0.05, 0.1) is 4.90 Å². The highest BCUT2D eigenvalue weighted by atomic mass is 35.5. The van der Waals surface area contributed by atoms with Crippen LogP contribution >= 0.6 is 23.2 Å². The van der Waals surface area contributed by atoms with E-state index in [0.717, 1.165) is 5.56 Å². The van der Waals surface area contributed by atoms with Crippen LogP contribution in [0, 0.1) is 0 Å². The Morgan fingerprint density at radius 2 is 1.74 bits per heavy atom. The van der Waals surface area contributed by atoms with E-state index in [1.807, 2.05) is 0 Å². The van der Waals surface area contributed by atoms with Crippen molar-refractivity contribution in [1.29, 1.82) is 0 Å². The Kier molecular flexibility index (Phi) is 4.76. The topological polar surface area (TPSA) is 59.4 Å². The van der Waals surface area contributed by atoms with E-state index in [4.69, 9.17) is 32.5 Å². The molecule has 1 aromatic heterocycles. The van der Waals surface area contributed by atoms with Crippen molar-refractivity contribution >= 4 is 34.3 Å². The lowest BCUT2D eigenvalue weighted by atomic mass is 10.3. The Labute approximate surface area is 122 Å². The smallest absolute Gasteiger partial charge is 0.186 e. The van der Waals surface area contributed by atoms with E-state index in [0.29, 0.717) is 21.0 Å². The molecule has 2 rings (SSSR count). The Morgan fingerprint density at radius 1 is 1.16 bits per heavy atom. The molecule has 0 saturated heterocycles. The highest BCUT2D eigenvalue weighted by molar-refractivity contribution is 7.79. The van der Waals surface area contributed by atoms with Crippen LogP contribution in [0.15, 0.2) is 41.3 Å². The number of hydrogen-bond donors (Lipinski definition) is 1. The second-order valence-corrected chi connectivity index (χ2v) is 5.37. The van der Waals surface area contributed by atoms with Crippen LogP contribution in [0.5, 0.6) is 5.75 Å². The van der Waals surface area contributed by atoms with Crippen molar-refractivity contribution in [2.24, 2.45) is 0 Å². The third-order valence-electron chi connectivity index (χ3n) is 2.25. The first-order chi connectivity index (χ1) is 9.04. The average molecular weight is 318 g/mol. The Morgan fingerprint density at radius 3 is 2.26 bits per heavy atom. The number of halogens is 2. The summed E-state index contributed by atoms with van der Waals surface area (Å²) in [6.07, 6.45) is 0. The molecule has 19 heavy (non-hydrogen) atoms. The molecular formula is C12H9Cl2NO3S. The Balaban J connectivity index is 2.03. The maximum absolute atomic E-state index is 10.8. The summed E-state index contributed by atoms with van der Waals surface area (Å²) in [6.45, 7) is 0.281. The van der Waals surface area contributed by atoms with E-state index in [2.05, 4.69) is 4.98 Å². The average Bonchev–Trinajstić information content (AvgIpc) is 2.36. The van der Waals surface area contributed by atoms with Gasteiger partial charge in [-0.1, -0.05) is 23.2 Å². The van der Waals surface area contributed by atoms with Crippen LogP contribution in [0.3, 0.4) is 0 Å². The van der Waals surface area contributed by atoms with Crippen molar-refractivity contribution in [3.63, 3.8) is 0 Å². The normalized spacial score (nSPS) is 12.2. The van der Waals surface area contributed by atoms with E-state index in [1.165, 1.54) is 12.1 Å². The number of aromatic nitrogens is 1. The van der Waals surface area contributed by atoms with E-state index < -0.39 is 11.1 Å². The van der Waals surface area contributed by atoms with Crippen molar-refractivity contribution in [3.8, 4) is 5.75 Å². The SMILES string of the molecule is O=S(O)c1ccc(OCc2cc(Cl)nc(Cl)c2)cc1. The van der Waals surface area contributed by atoms with Crippen molar-refractivity contribution < 1.29 is 13.5 Å². The molecule has 4 nitrogen and oxygen atoms in total. The van der Waals surface area contributed by atoms with Gasteiger partial charge in [-0.05, 0) is 42.0 Å². The number of pyridine rings is 1. The van der Waals surface area contributed by atoms with Gasteiger partial charge < -0.3 is 9.29 Å². The lowest BCUT2D eigenvalue weighted by Gasteiger charge is -2.07. The summed E-state index contributed by atoms with van der Waals surface area (Å²) < 4.78 is 25.2. The van der Waals surface area contributed by atoms with Gasteiger partial charge in [-0.25, -0.2) is 9.19 Å². The molecule has 0 aliphatic heterocycles. The van der Waals surface area contributed by atoms with Crippen molar-refractivity contribution in [2.45, 2.75) is 11.5 Å². The lowest BCUT2D eigenvalue weighted by Crippen LogP contribution is -1.97. The molecule has 1 N–H and O–H groups in total. The molecule has 0 spiro atoms. The van der Waals surface area contributed by atoms with E-state index in [1.54, 1.807) is 24.3 Å². The fraction of sp³-hybridized carbons (Fsp3) is 0.0833. The van der Waals surface area contributed by atoms with Crippen LogP contribution in [0.2, 0.25) is 10.3 Å².